The summed E-state index contributed by atoms with van der Waals surface area (Å²) in [5, 5.41) is -0.165. The van der Waals surface area contributed by atoms with Gasteiger partial charge in [-0.2, -0.15) is 0 Å². The van der Waals surface area contributed by atoms with Gasteiger partial charge < -0.3 is 4.74 Å². The SMILES string of the molecule is COCCS(=O)(=O)Nc1ccc(S(=O)(=O)Cl)c(Cl)c1. The van der Waals surface area contributed by atoms with Gasteiger partial charge in [0.2, 0.25) is 10.0 Å². The zero-order valence-corrected chi connectivity index (χ0v) is 12.9. The standard InChI is InChI=1S/C9H11Cl2NO5S2/c1-17-4-5-18(13,14)12-7-2-3-9(8(10)6-7)19(11,15)16/h2-3,6,12H,4-5H2,1H3. The van der Waals surface area contributed by atoms with Crippen molar-refractivity contribution >= 4 is 47.0 Å². The predicted octanol–water partition coefficient (Wildman–Crippen LogP) is 1.66. The first-order valence-corrected chi connectivity index (χ1v) is 9.23. The van der Waals surface area contributed by atoms with Crippen LogP contribution in [0.25, 0.3) is 0 Å². The lowest BCUT2D eigenvalue weighted by molar-refractivity contribution is 0.217. The summed E-state index contributed by atoms with van der Waals surface area (Å²) in [6.07, 6.45) is 0. The van der Waals surface area contributed by atoms with Crippen molar-refractivity contribution in [3.8, 4) is 0 Å². The van der Waals surface area contributed by atoms with E-state index in [1.807, 2.05) is 0 Å². The second-order valence-electron chi connectivity index (χ2n) is 3.50. The number of nitrogens with one attached hydrogen (secondary N) is 1. The van der Waals surface area contributed by atoms with Crippen molar-refractivity contribution in [3.63, 3.8) is 0 Å². The molecule has 0 spiro atoms. The van der Waals surface area contributed by atoms with E-state index in [9.17, 15) is 16.8 Å². The topological polar surface area (TPSA) is 89.5 Å². The van der Waals surface area contributed by atoms with Crippen LogP contribution >= 0.6 is 22.3 Å². The van der Waals surface area contributed by atoms with E-state index >= 15 is 0 Å². The molecule has 0 aromatic heterocycles. The van der Waals surface area contributed by atoms with Gasteiger partial charge in [0.25, 0.3) is 9.05 Å². The highest BCUT2D eigenvalue weighted by molar-refractivity contribution is 8.13. The van der Waals surface area contributed by atoms with Crippen LogP contribution in [0.1, 0.15) is 0 Å². The summed E-state index contributed by atoms with van der Waals surface area (Å²) in [7, 11) is -1.01. The molecule has 0 saturated heterocycles. The first kappa shape index (κ1) is 16.5. The third kappa shape index (κ3) is 5.15. The lowest BCUT2D eigenvalue weighted by atomic mass is 10.3. The third-order valence-electron chi connectivity index (χ3n) is 2.02. The zero-order chi connectivity index (χ0) is 14.7. The summed E-state index contributed by atoms with van der Waals surface area (Å²) in [5.41, 5.74) is 0.144. The van der Waals surface area contributed by atoms with E-state index in [0.717, 1.165) is 6.07 Å². The molecule has 19 heavy (non-hydrogen) atoms. The van der Waals surface area contributed by atoms with Gasteiger partial charge in [0.15, 0.2) is 0 Å². The average Bonchev–Trinajstić information content (AvgIpc) is 2.24. The molecule has 0 radical (unpaired) electrons. The van der Waals surface area contributed by atoms with Crippen LogP contribution in [0, 0.1) is 0 Å². The van der Waals surface area contributed by atoms with Crippen LogP contribution in [0.2, 0.25) is 5.02 Å². The Hall–Kier alpha value is -0.540. The molecule has 10 heteroatoms. The van der Waals surface area contributed by atoms with Crippen LogP contribution in [-0.2, 0) is 23.8 Å². The molecule has 0 fully saturated rings. The van der Waals surface area contributed by atoms with Crippen LogP contribution in [0.15, 0.2) is 23.1 Å². The first-order chi connectivity index (χ1) is 8.65. The third-order valence-corrected chi connectivity index (χ3v) is 5.08. The number of ether oxygens (including phenoxy) is 1. The minimum Gasteiger partial charge on any atom is -0.384 e. The molecule has 0 aliphatic rings. The summed E-state index contributed by atoms with van der Waals surface area (Å²) < 4.78 is 52.3. The highest BCUT2D eigenvalue weighted by Gasteiger charge is 2.16. The number of anilines is 1. The molecule has 0 atom stereocenters. The largest absolute Gasteiger partial charge is 0.384 e. The van der Waals surface area contributed by atoms with Crippen molar-refractivity contribution in [1.29, 1.82) is 0 Å². The fourth-order valence-electron chi connectivity index (χ4n) is 1.19. The minimum absolute atomic E-state index is 0.0389. The van der Waals surface area contributed by atoms with Crippen molar-refractivity contribution in [3.05, 3.63) is 23.2 Å². The first-order valence-electron chi connectivity index (χ1n) is 4.89. The lowest BCUT2D eigenvalue weighted by Crippen LogP contribution is -2.19. The van der Waals surface area contributed by atoms with Crippen molar-refractivity contribution in [2.24, 2.45) is 0 Å². The van der Waals surface area contributed by atoms with Crippen LogP contribution in [0.4, 0.5) is 5.69 Å². The van der Waals surface area contributed by atoms with E-state index < -0.39 is 19.1 Å². The summed E-state index contributed by atoms with van der Waals surface area (Å²) in [5.74, 6) is -0.226. The molecule has 1 aromatic carbocycles. The molecular weight excluding hydrogens is 337 g/mol. The molecule has 6 nitrogen and oxygen atoms in total. The normalized spacial score (nSPS) is 12.4. The lowest BCUT2D eigenvalue weighted by Gasteiger charge is -2.09. The molecule has 0 saturated carbocycles. The van der Waals surface area contributed by atoms with Crippen LogP contribution in [0.5, 0.6) is 0 Å². The molecular formula is C9H11Cl2NO5S2. The van der Waals surface area contributed by atoms with Crippen molar-refractivity contribution in [2.45, 2.75) is 4.90 Å². The molecule has 0 unspecified atom stereocenters. The Bertz CT molecular complexity index is 657. The van der Waals surface area contributed by atoms with Gasteiger partial charge in [0.1, 0.15) is 4.90 Å². The molecule has 0 aliphatic carbocycles. The number of sulfonamides is 1. The molecule has 1 N–H and O–H groups in total. The molecule has 108 valence electrons. The van der Waals surface area contributed by atoms with Crippen LogP contribution < -0.4 is 4.72 Å². The Morgan fingerprint density at radius 3 is 2.37 bits per heavy atom. The summed E-state index contributed by atoms with van der Waals surface area (Å²) >= 11 is 5.72. The van der Waals surface area contributed by atoms with E-state index in [0.29, 0.717) is 0 Å². The van der Waals surface area contributed by atoms with E-state index in [4.69, 9.17) is 22.3 Å². The second kappa shape index (κ2) is 6.27. The fraction of sp³-hybridized carbons (Fsp3) is 0.333. The van der Waals surface area contributed by atoms with E-state index in [1.165, 1.54) is 19.2 Å². The second-order valence-corrected chi connectivity index (χ2v) is 8.28. The predicted molar refractivity (Wildman–Crippen MR) is 73.8 cm³/mol. The Morgan fingerprint density at radius 1 is 1.26 bits per heavy atom. The maximum Gasteiger partial charge on any atom is 0.262 e. The molecule has 0 aliphatic heterocycles. The zero-order valence-electron chi connectivity index (χ0n) is 9.76. The quantitative estimate of drug-likeness (QED) is 0.790. The summed E-state index contributed by atoms with van der Waals surface area (Å²) in [6, 6.07) is 3.55. The molecule has 1 rings (SSSR count). The monoisotopic (exact) mass is 347 g/mol. The van der Waals surface area contributed by atoms with Gasteiger partial charge in [-0.25, -0.2) is 16.8 Å². The molecule has 1 aromatic rings. The van der Waals surface area contributed by atoms with Crippen molar-refractivity contribution in [1.82, 2.24) is 0 Å². The van der Waals surface area contributed by atoms with Gasteiger partial charge in [0, 0.05) is 17.8 Å². The van der Waals surface area contributed by atoms with E-state index in [1.54, 1.807) is 0 Å². The maximum atomic E-state index is 11.6. The van der Waals surface area contributed by atoms with Gasteiger partial charge in [-0.3, -0.25) is 4.72 Å². The Morgan fingerprint density at radius 2 is 1.89 bits per heavy atom. The average molecular weight is 348 g/mol. The highest BCUT2D eigenvalue weighted by Crippen LogP contribution is 2.27. The van der Waals surface area contributed by atoms with E-state index in [2.05, 4.69) is 9.46 Å². The van der Waals surface area contributed by atoms with Crippen LogP contribution in [0.3, 0.4) is 0 Å². The highest BCUT2D eigenvalue weighted by atomic mass is 35.7. The van der Waals surface area contributed by atoms with Crippen molar-refractivity contribution in [2.75, 3.05) is 24.2 Å². The number of methoxy groups -OCH3 is 1. The number of halogens is 2. The smallest absolute Gasteiger partial charge is 0.262 e. The number of rotatable bonds is 6. The Balaban J connectivity index is 2.97. The number of hydrogen-bond donors (Lipinski definition) is 1. The van der Waals surface area contributed by atoms with Gasteiger partial charge in [-0.1, -0.05) is 11.6 Å². The molecule has 0 bridgehead atoms. The van der Waals surface area contributed by atoms with Crippen molar-refractivity contribution < 1.29 is 21.6 Å². The number of benzene rings is 1. The van der Waals surface area contributed by atoms with Gasteiger partial charge in [-0.15, -0.1) is 0 Å². The van der Waals surface area contributed by atoms with Gasteiger partial charge in [-0.05, 0) is 18.2 Å². The molecule has 0 heterocycles. The van der Waals surface area contributed by atoms with Gasteiger partial charge >= 0.3 is 0 Å². The van der Waals surface area contributed by atoms with E-state index in [-0.39, 0.29) is 28.0 Å². The maximum absolute atomic E-state index is 11.6. The Kier molecular flexibility index (Phi) is 5.45. The fourth-order valence-corrected chi connectivity index (χ4v) is 3.69. The minimum atomic E-state index is -3.97. The number of hydrogen-bond acceptors (Lipinski definition) is 5. The van der Waals surface area contributed by atoms with Crippen LogP contribution in [-0.4, -0.2) is 36.3 Å². The summed E-state index contributed by atoms with van der Waals surface area (Å²) in [4.78, 5) is -0.282. The molecule has 0 amide bonds. The summed E-state index contributed by atoms with van der Waals surface area (Å²) in [6.45, 7) is 0.0389. The Labute approximate surface area is 121 Å². The van der Waals surface area contributed by atoms with Gasteiger partial charge in [0.05, 0.1) is 23.1 Å².